The van der Waals surface area contributed by atoms with E-state index in [-0.39, 0.29) is 11.7 Å². The number of aromatic nitrogens is 2. The normalized spacial score (nSPS) is 22.4. The van der Waals surface area contributed by atoms with Crippen LogP contribution in [0.2, 0.25) is 0 Å². The Bertz CT molecular complexity index is 821. The van der Waals surface area contributed by atoms with Gasteiger partial charge in [0.25, 0.3) is 5.91 Å². The molecule has 4 rings (SSSR count). The minimum Gasteiger partial charge on any atom is -0.331 e. The minimum absolute atomic E-state index is 0.0611. The van der Waals surface area contributed by atoms with E-state index in [1.807, 2.05) is 6.07 Å². The van der Waals surface area contributed by atoms with E-state index >= 15 is 0 Å². The molecule has 130 valence electrons. The van der Waals surface area contributed by atoms with Crippen LogP contribution in [0, 0.1) is 5.82 Å². The number of allylic oxidation sites excluding steroid dienone is 1. The lowest BCUT2D eigenvalue weighted by atomic mass is 9.96. The number of carbonyl (C=O) groups is 1. The lowest BCUT2D eigenvalue weighted by Gasteiger charge is -2.36. The second-order valence-electron chi connectivity index (χ2n) is 7.00. The maximum absolute atomic E-state index is 13.2. The van der Waals surface area contributed by atoms with Crippen molar-refractivity contribution in [3.05, 3.63) is 53.5 Å². The first kappa shape index (κ1) is 16.1. The average Bonchev–Trinajstić information content (AvgIpc) is 3.12. The molecular weight excluding hydrogens is 317 g/mol. The molecule has 2 aromatic rings. The fraction of sp³-hybridized carbons (Fsp3) is 0.400. The quantitative estimate of drug-likeness (QED) is 0.777. The van der Waals surface area contributed by atoms with Gasteiger partial charge in [0, 0.05) is 24.7 Å². The summed E-state index contributed by atoms with van der Waals surface area (Å²) in [4.78, 5) is 15.2. The number of hydrogen-bond acceptors (Lipinski definition) is 2. The van der Waals surface area contributed by atoms with E-state index in [2.05, 4.69) is 23.0 Å². The molecule has 2 fully saturated rings. The highest BCUT2D eigenvalue weighted by Crippen LogP contribution is 2.39. The Hall–Kier alpha value is -2.43. The van der Waals surface area contributed by atoms with Crippen LogP contribution in [-0.4, -0.2) is 32.7 Å². The third kappa shape index (κ3) is 2.77. The minimum atomic E-state index is -0.277. The van der Waals surface area contributed by atoms with E-state index in [9.17, 15) is 9.18 Å². The van der Waals surface area contributed by atoms with Gasteiger partial charge in [0.2, 0.25) is 0 Å². The molecule has 0 N–H and O–H groups in total. The van der Waals surface area contributed by atoms with Gasteiger partial charge in [-0.15, -0.1) is 0 Å². The lowest BCUT2D eigenvalue weighted by molar-refractivity contribution is 0.0623. The van der Waals surface area contributed by atoms with E-state index in [4.69, 9.17) is 0 Å². The zero-order valence-corrected chi connectivity index (χ0v) is 14.6. The number of halogens is 1. The zero-order chi connectivity index (χ0) is 17.6. The van der Waals surface area contributed by atoms with Gasteiger partial charge in [-0.3, -0.25) is 9.48 Å². The molecule has 1 amide bonds. The molecule has 3 heterocycles. The summed E-state index contributed by atoms with van der Waals surface area (Å²) in [6.07, 6.45) is 6.33. The summed E-state index contributed by atoms with van der Waals surface area (Å²) in [6.45, 7) is 2.09. The van der Waals surface area contributed by atoms with Crippen molar-refractivity contribution in [3.8, 4) is 11.3 Å². The molecule has 0 aliphatic carbocycles. The van der Waals surface area contributed by atoms with Crippen molar-refractivity contribution >= 4 is 5.91 Å². The van der Waals surface area contributed by atoms with Crippen LogP contribution in [0.25, 0.3) is 11.3 Å². The molecule has 2 saturated heterocycles. The van der Waals surface area contributed by atoms with Crippen LogP contribution in [-0.2, 0) is 7.05 Å². The molecule has 25 heavy (non-hydrogen) atoms. The molecule has 0 saturated carbocycles. The Labute approximate surface area is 146 Å². The molecule has 2 aliphatic rings. The van der Waals surface area contributed by atoms with Crippen LogP contribution in [0.5, 0.6) is 0 Å². The number of amides is 1. The Kier molecular flexibility index (Phi) is 3.94. The number of piperidine rings is 1. The monoisotopic (exact) mass is 339 g/mol. The Morgan fingerprint density at radius 2 is 1.84 bits per heavy atom. The van der Waals surface area contributed by atoms with Gasteiger partial charge in [-0.05, 0) is 62.9 Å². The molecule has 0 spiro atoms. The molecule has 2 aliphatic heterocycles. The largest absolute Gasteiger partial charge is 0.331 e. The zero-order valence-electron chi connectivity index (χ0n) is 14.6. The summed E-state index contributed by atoms with van der Waals surface area (Å²) < 4.78 is 14.8. The van der Waals surface area contributed by atoms with Gasteiger partial charge >= 0.3 is 0 Å². The first-order valence-corrected chi connectivity index (χ1v) is 8.83. The molecule has 5 heteroatoms. The SMILES string of the molecule is CC=C1CC2CCC(C1)N2C(=O)c1cc(-c2ccc(F)cc2)nn1C. The van der Waals surface area contributed by atoms with Gasteiger partial charge in [0.05, 0.1) is 5.69 Å². The van der Waals surface area contributed by atoms with Crippen LogP contribution in [0.1, 0.15) is 43.1 Å². The van der Waals surface area contributed by atoms with Gasteiger partial charge in [0.1, 0.15) is 11.5 Å². The number of benzene rings is 1. The highest BCUT2D eigenvalue weighted by molar-refractivity contribution is 5.94. The van der Waals surface area contributed by atoms with Gasteiger partial charge in [-0.25, -0.2) is 4.39 Å². The second-order valence-corrected chi connectivity index (χ2v) is 7.00. The predicted molar refractivity (Wildman–Crippen MR) is 94.6 cm³/mol. The summed E-state index contributed by atoms with van der Waals surface area (Å²) in [5.41, 5.74) is 3.58. The molecule has 0 radical (unpaired) electrons. The standard InChI is InChI=1S/C20H22FN3O/c1-3-13-10-16-8-9-17(11-13)24(16)20(25)19-12-18(22-23(19)2)14-4-6-15(21)7-5-14/h3-7,12,16-17H,8-11H2,1-2H3. The first-order chi connectivity index (χ1) is 12.1. The summed E-state index contributed by atoms with van der Waals surface area (Å²) in [7, 11) is 1.80. The Morgan fingerprint density at radius 3 is 2.44 bits per heavy atom. The van der Waals surface area contributed by atoms with Crippen molar-refractivity contribution in [1.29, 1.82) is 0 Å². The van der Waals surface area contributed by atoms with Crippen LogP contribution in [0.3, 0.4) is 0 Å². The van der Waals surface area contributed by atoms with Gasteiger partial charge in [-0.1, -0.05) is 11.6 Å². The maximum atomic E-state index is 13.2. The third-order valence-corrected chi connectivity index (χ3v) is 5.50. The molecule has 2 atom stereocenters. The molecular formula is C20H22FN3O. The average molecular weight is 339 g/mol. The highest BCUT2D eigenvalue weighted by atomic mass is 19.1. The van der Waals surface area contributed by atoms with E-state index in [0.29, 0.717) is 23.5 Å². The van der Waals surface area contributed by atoms with E-state index in [1.54, 1.807) is 23.9 Å². The molecule has 2 unspecified atom stereocenters. The highest BCUT2D eigenvalue weighted by Gasteiger charge is 2.42. The van der Waals surface area contributed by atoms with Crippen LogP contribution < -0.4 is 0 Å². The number of carbonyl (C=O) groups excluding carboxylic acids is 1. The van der Waals surface area contributed by atoms with Gasteiger partial charge < -0.3 is 4.90 Å². The Balaban J connectivity index is 1.62. The summed E-state index contributed by atoms with van der Waals surface area (Å²) in [6, 6.07) is 8.64. The maximum Gasteiger partial charge on any atom is 0.272 e. The van der Waals surface area contributed by atoms with Crippen LogP contribution in [0.15, 0.2) is 42.0 Å². The van der Waals surface area contributed by atoms with Crippen LogP contribution in [0.4, 0.5) is 4.39 Å². The van der Waals surface area contributed by atoms with Crippen molar-refractivity contribution < 1.29 is 9.18 Å². The molecule has 2 bridgehead atoms. The van der Waals surface area contributed by atoms with Crippen LogP contribution >= 0.6 is 0 Å². The topological polar surface area (TPSA) is 38.1 Å². The number of nitrogens with zero attached hydrogens (tertiary/aromatic N) is 3. The second kappa shape index (κ2) is 6.14. The number of rotatable bonds is 2. The van der Waals surface area contributed by atoms with Crippen molar-refractivity contribution in [3.63, 3.8) is 0 Å². The fourth-order valence-electron chi connectivity index (χ4n) is 4.18. The molecule has 1 aromatic heterocycles. The first-order valence-electron chi connectivity index (χ1n) is 8.83. The summed E-state index contributed by atoms with van der Waals surface area (Å²) >= 11 is 0. The summed E-state index contributed by atoms with van der Waals surface area (Å²) in [5.74, 6) is -0.216. The van der Waals surface area contributed by atoms with E-state index in [1.165, 1.54) is 17.7 Å². The number of fused-ring (bicyclic) bond motifs is 2. The lowest BCUT2D eigenvalue weighted by Crippen LogP contribution is -2.45. The van der Waals surface area contributed by atoms with E-state index < -0.39 is 0 Å². The number of aryl methyl sites for hydroxylation is 1. The van der Waals surface area contributed by atoms with Gasteiger partial charge in [0.15, 0.2) is 0 Å². The van der Waals surface area contributed by atoms with Crippen molar-refractivity contribution in [2.24, 2.45) is 7.05 Å². The van der Waals surface area contributed by atoms with Crippen molar-refractivity contribution in [1.82, 2.24) is 14.7 Å². The van der Waals surface area contributed by atoms with Gasteiger partial charge in [-0.2, -0.15) is 5.10 Å². The molecule has 1 aromatic carbocycles. The van der Waals surface area contributed by atoms with Crippen molar-refractivity contribution in [2.45, 2.75) is 44.7 Å². The smallest absolute Gasteiger partial charge is 0.272 e. The number of hydrogen-bond donors (Lipinski definition) is 0. The van der Waals surface area contributed by atoms with Crippen molar-refractivity contribution in [2.75, 3.05) is 0 Å². The Morgan fingerprint density at radius 1 is 1.20 bits per heavy atom. The van der Waals surface area contributed by atoms with E-state index in [0.717, 1.165) is 31.2 Å². The fourth-order valence-corrected chi connectivity index (χ4v) is 4.18. The molecule has 4 nitrogen and oxygen atoms in total. The third-order valence-electron chi connectivity index (χ3n) is 5.50. The predicted octanol–water partition coefficient (Wildman–Crippen LogP) is 3.94. The summed E-state index contributed by atoms with van der Waals surface area (Å²) in [5, 5.41) is 4.46.